The van der Waals surface area contributed by atoms with E-state index in [4.69, 9.17) is 9.41 Å². The molecule has 0 saturated carbocycles. The summed E-state index contributed by atoms with van der Waals surface area (Å²) in [7, 11) is 0. The van der Waals surface area contributed by atoms with Gasteiger partial charge in [-0.2, -0.15) is 0 Å². The Labute approximate surface area is 290 Å². The molecule has 238 valence electrons. The van der Waals surface area contributed by atoms with Crippen molar-refractivity contribution in [3.05, 3.63) is 180 Å². The van der Waals surface area contributed by atoms with Crippen LogP contribution in [0.25, 0.3) is 65.8 Å². The molecule has 0 aliphatic carbocycles. The van der Waals surface area contributed by atoms with Crippen LogP contribution in [0.1, 0.15) is 36.1 Å². The molecule has 0 saturated heterocycles. The van der Waals surface area contributed by atoms with Gasteiger partial charge in [0.25, 0.3) is 0 Å². The predicted octanol–water partition coefficient (Wildman–Crippen LogP) is 12.5. The molecule has 0 bridgehead atoms. The Hall–Kier alpha value is -6.19. The molecular formula is C47H34N2O. The van der Waals surface area contributed by atoms with E-state index in [9.17, 15) is 0 Å². The molecule has 3 heterocycles. The number of hydrogen-bond acceptors (Lipinski definition) is 2. The zero-order valence-corrected chi connectivity index (χ0v) is 27.8. The third-order valence-electron chi connectivity index (χ3n) is 10.6. The highest BCUT2D eigenvalue weighted by Gasteiger charge is 2.28. The molecule has 2 atom stereocenters. The summed E-state index contributed by atoms with van der Waals surface area (Å²) < 4.78 is 9.10. The SMILES string of the molecule is C[C@H]1C(c2ccccc2)=CCC(c2cc(-n3c4ccccc4c4cc5ccccc5cc43)cc3oc4ccccc4c23)=NC1c1ccccc1. The topological polar surface area (TPSA) is 30.4 Å². The summed E-state index contributed by atoms with van der Waals surface area (Å²) in [4.78, 5) is 5.71. The molecule has 50 heavy (non-hydrogen) atoms. The molecule has 1 aliphatic heterocycles. The maximum atomic E-state index is 6.69. The van der Waals surface area contributed by atoms with Crippen molar-refractivity contribution in [3.8, 4) is 5.69 Å². The van der Waals surface area contributed by atoms with Crippen molar-refractivity contribution in [2.75, 3.05) is 0 Å². The molecule has 0 N–H and O–H groups in total. The maximum Gasteiger partial charge on any atom is 0.138 e. The molecule has 0 radical (unpaired) electrons. The molecule has 2 aromatic heterocycles. The Kier molecular flexibility index (Phi) is 6.60. The summed E-state index contributed by atoms with van der Waals surface area (Å²) in [6.45, 7) is 2.32. The third kappa shape index (κ3) is 4.54. The number of fused-ring (bicyclic) bond motifs is 7. The zero-order valence-electron chi connectivity index (χ0n) is 27.8. The highest BCUT2D eigenvalue weighted by Crippen LogP contribution is 2.43. The number of nitrogens with zero attached hydrogens (tertiary/aromatic N) is 2. The molecule has 3 nitrogen and oxygen atoms in total. The van der Waals surface area contributed by atoms with E-state index in [1.54, 1.807) is 0 Å². The van der Waals surface area contributed by atoms with Crippen molar-refractivity contribution < 1.29 is 4.42 Å². The first-order valence-electron chi connectivity index (χ1n) is 17.5. The van der Waals surface area contributed by atoms with Crippen LogP contribution < -0.4 is 0 Å². The van der Waals surface area contributed by atoms with E-state index in [-0.39, 0.29) is 12.0 Å². The molecule has 10 rings (SSSR count). The van der Waals surface area contributed by atoms with Crippen LogP contribution >= 0.6 is 0 Å². The van der Waals surface area contributed by atoms with Crippen molar-refractivity contribution in [1.29, 1.82) is 0 Å². The van der Waals surface area contributed by atoms with Crippen LogP contribution in [-0.2, 0) is 0 Å². The van der Waals surface area contributed by atoms with Gasteiger partial charge in [0.1, 0.15) is 11.2 Å². The Morgan fingerprint density at radius 3 is 2.10 bits per heavy atom. The highest BCUT2D eigenvalue weighted by atomic mass is 16.3. The van der Waals surface area contributed by atoms with Crippen molar-refractivity contribution in [1.82, 2.24) is 4.57 Å². The van der Waals surface area contributed by atoms with E-state index in [0.29, 0.717) is 6.42 Å². The fourth-order valence-corrected chi connectivity index (χ4v) is 8.23. The van der Waals surface area contributed by atoms with Gasteiger partial charge in [0.2, 0.25) is 0 Å². The summed E-state index contributed by atoms with van der Waals surface area (Å²) in [5, 5.41) is 7.17. The first kappa shape index (κ1) is 28.8. The van der Waals surface area contributed by atoms with Crippen molar-refractivity contribution in [2.24, 2.45) is 10.9 Å². The summed E-state index contributed by atoms with van der Waals surface area (Å²) in [5.74, 6) is 0.183. The summed E-state index contributed by atoms with van der Waals surface area (Å²) >= 11 is 0. The molecule has 9 aromatic rings. The van der Waals surface area contributed by atoms with Gasteiger partial charge in [0, 0.05) is 51.2 Å². The van der Waals surface area contributed by atoms with E-state index in [1.165, 1.54) is 49.3 Å². The summed E-state index contributed by atoms with van der Waals surface area (Å²) in [6.07, 6.45) is 3.13. The van der Waals surface area contributed by atoms with Crippen molar-refractivity contribution >= 4 is 65.8 Å². The van der Waals surface area contributed by atoms with Crippen LogP contribution in [0.5, 0.6) is 0 Å². The van der Waals surface area contributed by atoms with Gasteiger partial charge in [-0.25, -0.2) is 0 Å². The summed E-state index contributed by atoms with van der Waals surface area (Å²) in [5.41, 5.74) is 11.2. The van der Waals surface area contributed by atoms with E-state index in [1.807, 2.05) is 0 Å². The lowest BCUT2D eigenvalue weighted by atomic mass is 9.85. The van der Waals surface area contributed by atoms with Crippen LogP contribution in [0.4, 0.5) is 0 Å². The van der Waals surface area contributed by atoms with Gasteiger partial charge < -0.3 is 8.98 Å². The van der Waals surface area contributed by atoms with Crippen LogP contribution in [0.3, 0.4) is 0 Å². The third-order valence-corrected chi connectivity index (χ3v) is 10.6. The van der Waals surface area contributed by atoms with Gasteiger partial charge in [-0.1, -0.05) is 134 Å². The second-order valence-electron chi connectivity index (χ2n) is 13.5. The fourth-order valence-electron chi connectivity index (χ4n) is 8.23. The van der Waals surface area contributed by atoms with E-state index >= 15 is 0 Å². The molecule has 1 unspecified atom stereocenters. The lowest BCUT2D eigenvalue weighted by Crippen LogP contribution is -2.11. The lowest BCUT2D eigenvalue weighted by molar-refractivity contribution is 0.587. The zero-order chi connectivity index (χ0) is 33.2. The maximum absolute atomic E-state index is 6.69. The van der Waals surface area contributed by atoms with Crippen LogP contribution in [0.15, 0.2) is 173 Å². The minimum Gasteiger partial charge on any atom is -0.456 e. The van der Waals surface area contributed by atoms with E-state index < -0.39 is 0 Å². The largest absolute Gasteiger partial charge is 0.456 e. The van der Waals surface area contributed by atoms with E-state index in [2.05, 4.69) is 175 Å². The smallest absolute Gasteiger partial charge is 0.138 e. The van der Waals surface area contributed by atoms with Crippen LogP contribution in [0, 0.1) is 5.92 Å². The number of aromatic nitrogens is 1. The number of furan rings is 1. The highest BCUT2D eigenvalue weighted by molar-refractivity contribution is 6.20. The number of benzene rings is 7. The van der Waals surface area contributed by atoms with Crippen molar-refractivity contribution in [2.45, 2.75) is 19.4 Å². The Balaban J connectivity index is 1.27. The summed E-state index contributed by atoms with van der Waals surface area (Å²) in [6, 6.07) is 56.6. The first-order chi connectivity index (χ1) is 24.7. The molecule has 0 fully saturated rings. The number of para-hydroxylation sites is 2. The normalized spacial score (nSPS) is 16.7. The molecule has 3 heteroatoms. The minimum absolute atomic E-state index is 0.0448. The van der Waals surface area contributed by atoms with Gasteiger partial charge in [-0.05, 0) is 57.8 Å². The number of rotatable bonds is 4. The minimum atomic E-state index is -0.0448. The molecule has 7 aromatic carbocycles. The van der Waals surface area contributed by atoms with Gasteiger partial charge in [-0.15, -0.1) is 0 Å². The number of aliphatic imine (C=N–C) groups is 1. The average molecular weight is 643 g/mol. The standard InChI is InChI=1S/C47H34N2O/c1-30-36(31-14-4-2-5-15-31)24-25-41(48-47(30)32-16-6-3-7-17-32)40-28-35(29-45-46(40)38-21-11-13-23-44(38)50-45)49-42-22-12-10-20-37(42)39-26-33-18-8-9-19-34(33)27-43(39)49/h2-24,26-30,47H,25H2,1H3/t30-,47?/m0/s1. The average Bonchev–Trinajstić information content (AvgIpc) is 3.64. The Bertz CT molecular complexity index is 2800. The monoisotopic (exact) mass is 642 g/mol. The van der Waals surface area contributed by atoms with Gasteiger partial charge in [-0.3, -0.25) is 4.99 Å². The number of allylic oxidation sites excluding steroid dienone is 1. The van der Waals surface area contributed by atoms with Gasteiger partial charge in [0.15, 0.2) is 0 Å². The first-order valence-corrected chi connectivity index (χ1v) is 17.5. The van der Waals surface area contributed by atoms with Crippen LogP contribution in [-0.4, -0.2) is 10.3 Å². The molecule has 1 aliphatic rings. The van der Waals surface area contributed by atoms with Crippen LogP contribution in [0.2, 0.25) is 0 Å². The molecule has 0 spiro atoms. The Morgan fingerprint density at radius 1 is 0.600 bits per heavy atom. The lowest BCUT2D eigenvalue weighted by Gasteiger charge is -2.23. The molecule has 0 amide bonds. The van der Waals surface area contributed by atoms with E-state index in [0.717, 1.165) is 38.9 Å². The second kappa shape index (κ2) is 11.5. The molecular weight excluding hydrogens is 609 g/mol. The predicted molar refractivity (Wildman–Crippen MR) is 209 cm³/mol. The fraction of sp³-hybridized carbons (Fsp3) is 0.0851. The van der Waals surface area contributed by atoms with Gasteiger partial charge >= 0.3 is 0 Å². The quantitative estimate of drug-likeness (QED) is 0.188. The Morgan fingerprint density at radius 2 is 1.28 bits per heavy atom. The number of hydrogen-bond donors (Lipinski definition) is 0. The second-order valence-corrected chi connectivity index (χ2v) is 13.5. The van der Waals surface area contributed by atoms with Gasteiger partial charge in [0.05, 0.1) is 22.8 Å². The van der Waals surface area contributed by atoms with Crippen molar-refractivity contribution in [3.63, 3.8) is 0 Å².